The minimum atomic E-state index is -3.03. The predicted octanol–water partition coefficient (Wildman–Crippen LogP) is 2.73. The lowest BCUT2D eigenvalue weighted by atomic mass is 10.1. The van der Waals surface area contributed by atoms with Crippen LogP contribution in [-0.4, -0.2) is 65.6 Å². The number of rotatable bonds is 8. The van der Waals surface area contributed by atoms with Crippen molar-refractivity contribution >= 4 is 38.5 Å². The van der Waals surface area contributed by atoms with Crippen molar-refractivity contribution in [2.24, 2.45) is 5.92 Å². The first kappa shape index (κ1) is 21.0. The molecular formula is C19H27N3O4S2. The van der Waals surface area contributed by atoms with Crippen molar-refractivity contribution in [3.05, 3.63) is 18.2 Å². The van der Waals surface area contributed by atoms with Crippen molar-refractivity contribution in [2.45, 2.75) is 38.4 Å². The molecule has 0 unspecified atom stereocenters. The second kappa shape index (κ2) is 8.73. The number of hydrogen-bond acceptors (Lipinski definition) is 6. The highest BCUT2D eigenvalue weighted by Crippen LogP contribution is 2.25. The number of aromatic nitrogens is 2. The van der Waals surface area contributed by atoms with Gasteiger partial charge in [-0.2, -0.15) is 0 Å². The number of carbonyl (C=O) groups excluding carboxylic acids is 1. The molecule has 1 aromatic carbocycles. The fourth-order valence-corrected chi connectivity index (χ4v) is 5.87. The van der Waals surface area contributed by atoms with Crippen molar-refractivity contribution < 1.29 is 17.9 Å². The van der Waals surface area contributed by atoms with E-state index in [2.05, 4.69) is 9.97 Å². The van der Waals surface area contributed by atoms with Gasteiger partial charge in [0, 0.05) is 18.7 Å². The molecule has 0 aliphatic carbocycles. The van der Waals surface area contributed by atoms with Gasteiger partial charge in [-0.05, 0) is 31.4 Å². The molecule has 0 bridgehead atoms. The standard InChI is InChI=1S/C19H27N3O4S2/c1-4-26-15-5-6-16-17(9-15)21-19(20-16)27-11-18(23)22(10-13(2)3)14-7-8-28(24,25)12-14/h5-6,9,13-14H,4,7-8,10-12H2,1-3H3,(H,20,21)/t14-/m1/s1. The molecule has 1 amide bonds. The van der Waals surface area contributed by atoms with E-state index in [0.717, 1.165) is 16.8 Å². The minimum absolute atomic E-state index is 0.0451. The monoisotopic (exact) mass is 425 g/mol. The van der Waals surface area contributed by atoms with E-state index in [1.807, 2.05) is 39.0 Å². The van der Waals surface area contributed by atoms with Crippen LogP contribution in [0.25, 0.3) is 11.0 Å². The zero-order valence-electron chi connectivity index (χ0n) is 16.5. The van der Waals surface area contributed by atoms with Gasteiger partial charge in [0.2, 0.25) is 5.91 Å². The van der Waals surface area contributed by atoms with E-state index < -0.39 is 9.84 Å². The van der Waals surface area contributed by atoms with Gasteiger partial charge in [0.05, 0.1) is 34.9 Å². The fourth-order valence-electron chi connectivity index (χ4n) is 3.37. The molecule has 1 fully saturated rings. The molecule has 154 valence electrons. The van der Waals surface area contributed by atoms with Crippen molar-refractivity contribution in [3.8, 4) is 5.75 Å². The Morgan fingerprint density at radius 3 is 2.86 bits per heavy atom. The molecule has 28 heavy (non-hydrogen) atoms. The third-order valence-electron chi connectivity index (χ3n) is 4.61. The van der Waals surface area contributed by atoms with E-state index in [1.165, 1.54) is 11.8 Å². The first-order valence-electron chi connectivity index (χ1n) is 9.52. The lowest BCUT2D eigenvalue weighted by Gasteiger charge is -2.29. The zero-order chi connectivity index (χ0) is 20.3. The van der Waals surface area contributed by atoms with Crippen LogP contribution in [0.3, 0.4) is 0 Å². The largest absolute Gasteiger partial charge is 0.494 e. The van der Waals surface area contributed by atoms with Crippen LogP contribution < -0.4 is 4.74 Å². The molecule has 1 saturated heterocycles. The molecule has 1 aliphatic heterocycles. The number of amides is 1. The molecule has 2 aromatic rings. The van der Waals surface area contributed by atoms with E-state index in [1.54, 1.807) is 4.90 Å². The number of aromatic amines is 1. The Morgan fingerprint density at radius 2 is 2.21 bits per heavy atom. The smallest absolute Gasteiger partial charge is 0.233 e. The van der Waals surface area contributed by atoms with Crippen LogP contribution in [0, 0.1) is 5.92 Å². The summed E-state index contributed by atoms with van der Waals surface area (Å²) in [5.74, 6) is 1.47. The highest BCUT2D eigenvalue weighted by atomic mass is 32.2. The summed E-state index contributed by atoms with van der Waals surface area (Å²) in [4.78, 5) is 22.3. The van der Waals surface area contributed by atoms with Gasteiger partial charge >= 0.3 is 0 Å². The molecular weight excluding hydrogens is 398 g/mol. The molecule has 1 atom stereocenters. The number of thioether (sulfide) groups is 1. The van der Waals surface area contributed by atoms with Crippen LogP contribution in [-0.2, 0) is 14.6 Å². The number of carbonyl (C=O) groups is 1. The highest BCUT2D eigenvalue weighted by molar-refractivity contribution is 7.99. The van der Waals surface area contributed by atoms with Crippen molar-refractivity contribution in [3.63, 3.8) is 0 Å². The third-order valence-corrected chi connectivity index (χ3v) is 7.21. The average Bonchev–Trinajstić information content (AvgIpc) is 3.19. The number of ether oxygens (including phenoxy) is 1. The number of H-pyrrole nitrogens is 1. The second-order valence-electron chi connectivity index (χ2n) is 7.44. The summed E-state index contributed by atoms with van der Waals surface area (Å²) in [6, 6.07) is 5.44. The predicted molar refractivity (Wildman–Crippen MR) is 112 cm³/mol. The molecule has 7 nitrogen and oxygen atoms in total. The van der Waals surface area contributed by atoms with Crippen LogP contribution in [0.1, 0.15) is 27.2 Å². The van der Waals surface area contributed by atoms with Crippen molar-refractivity contribution in [1.29, 1.82) is 0 Å². The summed E-state index contributed by atoms with van der Waals surface area (Å²) in [5.41, 5.74) is 1.68. The number of hydrogen-bond donors (Lipinski definition) is 1. The molecule has 0 radical (unpaired) electrons. The summed E-state index contributed by atoms with van der Waals surface area (Å²) in [6.45, 7) is 7.16. The van der Waals surface area contributed by atoms with Gasteiger partial charge < -0.3 is 14.6 Å². The van der Waals surface area contributed by atoms with Crippen LogP contribution >= 0.6 is 11.8 Å². The Kier molecular flexibility index (Phi) is 6.54. The third kappa shape index (κ3) is 5.20. The summed E-state index contributed by atoms with van der Waals surface area (Å²) in [7, 11) is -3.03. The molecule has 0 saturated carbocycles. The Labute approximate surface area is 170 Å². The number of benzene rings is 1. The lowest BCUT2D eigenvalue weighted by Crippen LogP contribution is -2.44. The van der Waals surface area contributed by atoms with E-state index >= 15 is 0 Å². The molecule has 0 spiro atoms. The fraction of sp³-hybridized carbons (Fsp3) is 0.579. The van der Waals surface area contributed by atoms with E-state index in [-0.39, 0.29) is 35.1 Å². The van der Waals surface area contributed by atoms with Crippen LogP contribution in [0.4, 0.5) is 0 Å². The zero-order valence-corrected chi connectivity index (χ0v) is 18.1. The number of nitrogens with zero attached hydrogens (tertiary/aromatic N) is 2. The summed E-state index contributed by atoms with van der Waals surface area (Å²) < 4.78 is 29.2. The van der Waals surface area contributed by atoms with Crippen LogP contribution in [0.15, 0.2) is 23.4 Å². The summed E-state index contributed by atoms with van der Waals surface area (Å²) in [6.07, 6.45) is 0.524. The van der Waals surface area contributed by atoms with E-state index in [9.17, 15) is 13.2 Å². The molecule has 1 aliphatic rings. The van der Waals surface area contributed by atoms with Gasteiger partial charge in [-0.1, -0.05) is 25.6 Å². The van der Waals surface area contributed by atoms with Crippen LogP contribution in [0.5, 0.6) is 5.75 Å². The quantitative estimate of drug-likeness (QED) is 0.654. The van der Waals surface area contributed by atoms with Crippen molar-refractivity contribution in [1.82, 2.24) is 14.9 Å². The Bertz CT molecular complexity index is 940. The number of nitrogens with one attached hydrogen (secondary N) is 1. The van der Waals surface area contributed by atoms with Crippen molar-refractivity contribution in [2.75, 3.05) is 30.4 Å². The maximum atomic E-state index is 12.9. The van der Waals surface area contributed by atoms with Gasteiger partial charge in [-0.3, -0.25) is 4.79 Å². The SMILES string of the molecule is CCOc1ccc2nc(SCC(=O)N(CC(C)C)[C@@H]3CCS(=O)(=O)C3)[nH]c2c1. The number of fused-ring (bicyclic) bond motifs is 1. The van der Waals surface area contributed by atoms with Gasteiger partial charge in [0.15, 0.2) is 15.0 Å². The Hall–Kier alpha value is -1.74. The Morgan fingerprint density at radius 1 is 1.43 bits per heavy atom. The molecule has 1 aromatic heterocycles. The maximum absolute atomic E-state index is 12.9. The van der Waals surface area contributed by atoms with Gasteiger partial charge in [-0.15, -0.1) is 0 Å². The first-order valence-corrected chi connectivity index (χ1v) is 12.3. The molecule has 1 N–H and O–H groups in total. The van der Waals surface area contributed by atoms with Gasteiger partial charge in [0.25, 0.3) is 0 Å². The second-order valence-corrected chi connectivity index (χ2v) is 10.6. The average molecular weight is 426 g/mol. The Balaban J connectivity index is 1.67. The van der Waals surface area contributed by atoms with Crippen LogP contribution in [0.2, 0.25) is 0 Å². The molecule has 2 heterocycles. The summed E-state index contributed by atoms with van der Waals surface area (Å²) >= 11 is 1.34. The highest BCUT2D eigenvalue weighted by Gasteiger charge is 2.34. The van der Waals surface area contributed by atoms with E-state index in [4.69, 9.17) is 4.74 Å². The summed E-state index contributed by atoms with van der Waals surface area (Å²) in [5, 5.41) is 0.667. The van der Waals surface area contributed by atoms with Gasteiger partial charge in [0.1, 0.15) is 5.75 Å². The first-order chi connectivity index (χ1) is 13.3. The van der Waals surface area contributed by atoms with E-state index in [0.29, 0.717) is 24.7 Å². The topological polar surface area (TPSA) is 92.4 Å². The normalized spacial score (nSPS) is 18.6. The number of imidazole rings is 1. The molecule has 9 heteroatoms. The molecule has 3 rings (SSSR count). The lowest BCUT2D eigenvalue weighted by molar-refractivity contribution is -0.130. The number of sulfone groups is 1. The van der Waals surface area contributed by atoms with Gasteiger partial charge in [-0.25, -0.2) is 13.4 Å². The maximum Gasteiger partial charge on any atom is 0.233 e. The minimum Gasteiger partial charge on any atom is -0.494 e.